The largest absolute Gasteiger partial charge is 0.493 e. The summed E-state index contributed by atoms with van der Waals surface area (Å²) < 4.78 is 6.06. The Labute approximate surface area is 117 Å². The third-order valence-electron chi connectivity index (χ3n) is 4.23. The van der Waals surface area contributed by atoms with E-state index in [1.165, 1.54) is 17.5 Å². The SMILES string of the molecule is CCCNC1c2cccc(C(C)CC)c2OCC1C. The summed E-state index contributed by atoms with van der Waals surface area (Å²) >= 11 is 0. The lowest BCUT2D eigenvalue weighted by molar-refractivity contribution is 0.186. The number of para-hydroxylation sites is 1. The molecule has 0 amide bonds. The summed E-state index contributed by atoms with van der Waals surface area (Å²) in [5, 5.41) is 3.68. The van der Waals surface area contributed by atoms with Gasteiger partial charge in [-0.05, 0) is 30.9 Å². The predicted molar refractivity (Wildman–Crippen MR) is 80.8 cm³/mol. The highest BCUT2D eigenvalue weighted by Gasteiger charge is 2.29. The summed E-state index contributed by atoms with van der Waals surface area (Å²) in [5.74, 6) is 2.24. The molecule has 0 fully saturated rings. The fourth-order valence-electron chi connectivity index (χ4n) is 2.82. The zero-order valence-electron chi connectivity index (χ0n) is 12.7. The first-order chi connectivity index (χ1) is 9.19. The molecule has 1 aliphatic rings. The van der Waals surface area contributed by atoms with Gasteiger partial charge in [0.05, 0.1) is 6.61 Å². The van der Waals surface area contributed by atoms with E-state index in [4.69, 9.17) is 4.74 Å². The second-order valence-electron chi connectivity index (χ2n) is 5.79. The first kappa shape index (κ1) is 14.4. The number of hydrogen-bond acceptors (Lipinski definition) is 2. The summed E-state index contributed by atoms with van der Waals surface area (Å²) in [6.45, 7) is 10.9. The fourth-order valence-corrected chi connectivity index (χ4v) is 2.82. The van der Waals surface area contributed by atoms with Crippen LogP contribution in [-0.4, -0.2) is 13.2 Å². The van der Waals surface area contributed by atoms with Crippen molar-refractivity contribution in [2.24, 2.45) is 5.92 Å². The van der Waals surface area contributed by atoms with Gasteiger partial charge in [0.15, 0.2) is 0 Å². The van der Waals surface area contributed by atoms with Crippen LogP contribution in [0.2, 0.25) is 0 Å². The highest BCUT2D eigenvalue weighted by molar-refractivity contribution is 5.46. The van der Waals surface area contributed by atoms with Crippen LogP contribution in [0.3, 0.4) is 0 Å². The molecule has 0 saturated carbocycles. The first-order valence-electron chi connectivity index (χ1n) is 7.68. The molecule has 0 radical (unpaired) electrons. The van der Waals surface area contributed by atoms with Crippen molar-refractivity contribution in [1.29, 1.82) is 0 Å². The molecule has 1 aromatic carbocycles. The number of fused-ring (bicyclic) bond motifs is 1. The monoisotopic (exact) mass is 261 g/mol. The van der Waals surface area contributed by atoms with Crippen LogP contribution in [0.25, 0.3) is 0 Å². The van der Waals surface area contributed by atoms with Gasteiger partial charge in [0.1, 0.15) is 5.75 Å². The third kappa shape index (κ3) is 2.94. The molecule has 0 bridgehead atoms. The fraction of sp³-hybridized carbons (Fsp3) is 0.647. The Morgan fingerprint density at radius 2 is 2.16 bits per heavy atom. The highest BCUT2D eigenvalue weighted by Crippen LogP contribution is 2.40. The zero-order valence-corrected chi connectivity index (χ0v) is 12.7. The van der Waals surface area contributed by atoms with E-state index in [9.17, 15) is 0 Å². The van der Waals surface area contributed by atoms with Crippen molar-refractivity contribution in [3.05, 3.63) is 29.3 Å². The maximum atomic E-state index is 6.06. The molecule has 3 unspecified atom stereocenters. The van der Waals surface area contributed by atoms with E-state index in [2.05, 4.69) is 51.2 Å². The van der Waals surface area contributed by atoms with E-state index in [0.717, 1.165) is 25.3 Å². The molecular weight excluding hydrogens is 234 g/mol. The van der Waals surface area contributed by atoms with E-state index < -0.39 is 0 Å². The standard InChI is InChI=1S/C17H27NO/c1-5-10-18-16-13(4)11-19-17-14(12(3)6-2)8-7-9-15(16)17/h7-9,12-13,16,18H,5-6,10-11H2,1-4H3. The minimum Gasteiger partial charge on any atom is -0.493 e. The van der Waals surface area contributed by atoms with Crippen molar-refractivity contribution in [1.82, 2.24) is 5.32 Å². The Bertz CT molecular complexity index is 416. The van der Waals surface area contributed by atoms with Crippen molar-refractivity contribution in [2.45, 2.75) is 52.5 Å². The molecule has 19 heavy (non-hydrogen) atoms. The normalized spacial score (nSPS) is 23.6. The van der Waals surface area contributed by atoms with Gasteiger partial charge in [-0.1, -0.05) is 45.9 Å². The van der Waals surface area contributed by atoms with Crippen molar-refractivity contribution in [3.63, 3.8) is 0 Å². The van der Waals surface area contributed by atoms with Crippen molar-refractivity contribution >= 4 is 0 Å². The minimum atomic E-state index is 0.438. The molecule has 0 aromatic heterocycles. The van der Waals surface area contributed by atoms with Crippen LogP contribution in [0.1, 0.15) is 63.6 Å². The molecule has 2 heteroatoms. The molecule has 0 saturated heterocycles. The maximum absolute atomic E-state index is 6.06. The Balaban J connectivity index is 2.34. The molecule has 0 spiro atoms. The van der Waals surface area contributed by atoms with Gasteiger partial charge in [-0.25, -0.2) is 0 Å². The Kier molecular flexibility index (Phi) is 4.87. The molecule has 2 rings (SSSR count). The number of ether oxygens (including phenoxy) is 1. The van der Waals surface area contributed by atoms with Gasteiger partial charge in [-0.2, -0.15) is 0 Å². The van der Waals surface area contributed by atoms with E-state index in [-0.39, 0.29) is 0 Å². The van der Waals surface area contributed by atoms with Crippen LogP contribution in [0.4, 0.5) is 0 Å². The Morgan fingerprint density at radius 3 is 2.84 bits per heavy atom. The molecule has 1 aliphatic heterocycles. The number of nitrogens with one attached hydrogen (secondary N) is 1. The van der Waals surface area contributed by atoms with Gasteiger partial charge in [0.25, 0.3) is 0 Å². The number of benzene rings is 1. The van der Waals surface area contributed by atoms with Gasteiger partial charge in [-0.3, -0.25) is 0 Å². The molecule has 0 aliphatic carbocycles. The minimum absolute atomic E-state index is 0.438. The lowest BCUT2D eigenvalue weighted by Crippen LogP contribution is -2.34. The summed E-state index contributed by atoms with van der Waals surface area (Å²) in [6.07, 6.45) is 2.33. The van der Waals surface area contributed by atoms with Crippen LogP contribution >= 0.6 is 0 Å². The van der Waals surface area contributed by atoms with Gasteiger partial charge in [0.2, 0.25) is 0 Å². The summed E-state index contributed by atoms with van der Waals surface area (Å²) in [4.78, 5) is 0. The van der Waals surface area contributed by atoms with Gasteiger partial charge in [0, 0.05) is 17.5 Å². The van der Waals surface area contributed by atoms with Gasteiger partial charge in [-0.15, -0.1) is 0 Å². The predicted octanol–water partition coefficient (Wildman–Crippen LogP) is 4.27. The van der Waals surface area contributed by atoms with E-state index in [1.54, 1.807) is 0 Å². The molecule has 106 valence electrons. The maximum Gasteiger partial charge on any atom is 0.127 e. The second kappa shape index (κ2) is 6.42. The zero-order chi connectivity index (χ0) is 13.8. The number of rotatable bonds is 5. The summed E-state index contributed by atoms with van der Waals surface area (Å²) in [6, 6.07) is 7.07. The highest BCUT2D eigenvalue weighted by atomic mass is 16.5. The molecule has 2 nitrogen and oxygen atoms in total. The van der Waals surface area contributed by atoms with Crippen LogP contribution < -0.4 is 10.1 Å². The Hall–Kier alpha value is -1.02. The van der Waals surface area contributed by atoms with E-state index >= 15 is 0 Å². The van der Waals surface area contributed by atoms with E-state index in [0.29, 0.717) is 17.9 Å². The average molecular weight is 261 g/mol. The molecule has 1 aromatic rings. The molecular formula is C17H27NO. The third-order valence-corrected chi connectivity index (χ3v) is 4.23. The molecule has 1 N–H and O–H groups in total. The summed E-state index contributed by atoms with van der Waals surface area (Å²) in [7, 11) is 0. The topological polar surface area (TPSA) is 21.3 Å². The van der Waals surface area contributed by atoms with E-state index in [1.807, 2.05) is 0 Å². The average Bonchev–Trinajstić information content (AvgIpc) is 2.44. The molecule has 1 heterocycles. The van der Waals surface area contributed by atoms with Crippen LogP contribution in [0.15, 0.2) is 18.2 Å². The van der Waals surface area contributed by atoms with Crippen molar-refractivity contribution in [3.8, 4) is 5.75 Å². The molecule has 3 atom stereocenters. The summed E-state index contributed by atoms with van der Waals surface area (Å²) in [5.41, 5.74) is 2.72. The lowest BCUT2D eigenvalue weighted by atomic mass is 9.87. The van der Waals surface area contributed by atoms with Crippen molar-refractivity contribution < 1.29 is 4.74 Å². The number of hydrogen-bond donors (Lipinski definition) is 1. The van der Waals surface area contributed by atoms with Crippen LogP contribution in [-0.2, 0) is 0 Å². The van der Waals surface area contributed by atoms with Crippen LogP contribution in [0, 0.1) is 5.92 Å². The van der Waals surface area contributed by atoms with Crippen molar-refractivity contribution in [2.75, 3.05) is 13.2 Å². The Morgan fingerprint density at radius 1 is 1.37 bits per heavy atom. The van der Waals surface area contributed by atoms with Gasteiger partial charge < -0.3 is 10.1 Å². The first-order valence-corrected chi connectivity index (χ1v) is 7.68. The van der Waals surface area contributed by atoms with Crippen LogP contribution in [0.5, 0.6) is 5.75 Å². The quantitative estimate of drug-likeness (QED) is 0.854. The second-order valence-corrected chi connectivity index (χ2v) is 5.79. The lowest BCUT2D eigenvalue weighted by Gasteiger charge is -2.34. The van der Waals surface area contributed by atoms with Gasteiger partial charge >= 0.3 is 0 Å². The smallest absolute Gasteiger partial charge is 0.127 e.